The lowest BCUT2D eigenvalue weighted by molar-refractivity contribution is -0.131. The number of amides is 2. The highest BCUT2D eigenvalue weighted by atomic mass is 16.5. The first-order chi connectivity index (χ1) is 12.9. The van der Waals surface area contributed by atoms with E-state index in [0.717, 1.165) is 0 Å². The Morgan fingerprint density at radius 2 is 2.04 bits per heavy atom. The van der Waals surface area contributed by atoms with E-state index in [2.05, 4.69) is 10.3 Å². The van der Waals surface area contributed by atoms with E-state index in [-0.39, 0.29) is 18.0 Å². The van der Waals surface area contributed by atoms with E-state index in [4.69, 9.17) is 10.5 Å². The molecule has 9 heteroatoms. The molecule has 9 nitrogen and oxygen atoms in total. The van der Waals surface area contributed by atoms with Gasteiger partial charge in [-0.05, 0) is 26.0 Å². The Balaban J connectivity index is 2.61. The molecule has 0 spiro atoms. The fourth-order valence-corrected chi connectivity index (χ4v) is 2.84. The number of aromatic nitrogens is 2. The minimum Gasteiger partial charge on any atom is -0.383 e. The molecule has 146 valence electrons. The summed E-state index contributed by atoms with van der Waals surface area (Å²) in [5, 5.41) is 3.71. The van der Waals surface area contributed by atoms with Crippen LogP contribution in [0.3, 0.4) is 0 Å². The summed E-state index contributed by atoms with van der Waals surface area (Å²) >= 11 is 0. The van der Waals surface area contributed by atoms with Gasteiger partial charge in [0, 0.05) is 44.0 Å². The van der Waals surface area contributed by atoms with Crippen molar-refractivity contribution in [2.24, 2.45) is 5.73 Å². The van der Waals surface area contributed by atoms with Gasteiger partial charge >= 0.3 is 0 Å². The fraction of sp³-hybridized carbons (Fsp3) is 0.444. The molecule has 2 amide bonds. The summed E-state index contributed by atoms with van der Waals surface area (Å²) in [7, 11) is 1.59. The number of methoxy groups -OCH3 is 1. The number of nitrogens with two attached hydrogens (primary N) is 1. The van der Waals surface area contributed by atoms with Gasteiger partial charge in [0.2, 0.25) is 5.91 Å². The summed E-state index contributed by atoms with van der Waals surface area (Å²) in [5.74, 6) is -1.08. The van der Waals surface area contributed by atoms with Crippen LogP contribution in [-0.2, 0) is 16.1 Å². The summed E-state index contributed by atoms with van der Waals surface area (Å²) in [4.78, 5) is 42.9. The molecule has 3 N–H and O–H groups in total. The number of nitrogens with zero attached hydrogens (tertiary/aromatic N) is 3. The largest absolute Gasteiger partial charge is 0.383 e. The molecule has 0 radical (unpaired) electrons. The highest BCUT2D eigenvalue weighted by molar-refractivity contribution is 5.99. The van der Waals surface area contributed by atoms with Crippen LogP contribution in [0, 0.1) is 0 Å². The van der Waals surface area contributed by atoms with Gasteiger partial charge < -0.3 is 20.7 Å². The highest BCUT2D eigenvalue weighted by Gasteiger charge is 2.19. The van der Waals surface area contributed by atoms with Crippen molar-refractivity contribution in [3.63, 3.8) is 0 Å². The Kier molecular flexibility index (Phi) is 6.89. The number of likely N-dealkylation sites (N-methyl/N-ethyl adjacent to an activating group) is 1. The van der Waals surface area contributed by atoms with E-state index < -0.39 is 11.5 Å². The Labute approximate surface area is 157 Å². The molecule has 0 aromatic carbocycles. The molecule has 27 heavy (non-hydrogen) atoms. The van der Waals surface area contributed by atoms with E-state index in [9.17, 15) is 14.4 Å². The lowest BCUT2D eigenvalue weighted by Gasteiger charge is -2.20. The molecule has 0 bridgehead atoms. The SMILES string of the molecule is CCN(CC)C(=O)Cn1c(=O)c(C(N)=O)cc2c(NCCOC)ccnc21. The smallest absolute Gasteiger partial charge is 0.265 e. The van der Waals surface area contributed by atoms with Gasteiger partial charge in [-0.15, -0.1) is 0 Å². The maximum Gasteiger partial charge on any atom is 0.265 e. The Bertz CT molecular complexity index is 889. The standard InChI is InChI=1S/C18H25N5O4/c1-4-22(5-2)15(24)11-23-17-12(10-13(16(19)25)18(23)26)14(6-7-21-17)20-8-9-27-3/h6-7,10H,4-5,8-9,11H2,1-3H3,(H2,19,25)(H,20,21). The lowest BCUT2D eigenvalue weighted by Crippen LogP contribution is -2.38. The van der Waals surface area contributed by atoms with E-state index in [0.29, 0.717) is 43.0 Å². The number of hydrogen-bond acceptors (Lipinski definition) is 6. The van der Waals surface area contributed by atoms with Crippen molar-refractivity contribution in [1.82, 2.24) is 14.5 Å². The molecule has 0 unspecified atom stereocenters. The summed E-state index contributed by atoms with van der Waals surface area (Å²) in [6.07, 6.45) is 1.54. The van der Waals surface area contributed by atoms with Crippen molar-refractivity contribution >= 4 is 28.5 Å². The second-order valence-electron chi connectivity index (χ2n) is 5.89. The van der Waals surface area contributed by atoms with Gasteiger partial charge in [0.25, 0.3) is 11.5 Å². The number of rotatable bonds is 9. The number of anilines is 1. The molecule has 0 aliphatic heterocycles. The zero-order chi connectivity index (χ0) is 20.0. The van der Waals surface area contributed by atoms with Crippen molar-refractivity contribution in [2.75, 3.05) is 38.7 Å². The monoisotopic (exact) mass is 375 g/mol. The van der Waals surface area contributed by atoms with Gasteiger partial charge in [-0.25, -0.2) is 4.98 Å². The number of primary amides is 1. The number of pyridine rings is 2. The topological polar surface area (TPSA) is 120 Å². The molecule has 2 heterocycles. The summed E-state index contributed by atoms with van der Waals surface area (Å²) in [6, 6.07) is 3.14. The zero-order valence-corrected chi connectivity index (χ0v) is 15.8. The average Bonchev–Trinajstić information content (AvgIpc) is 2.65. The predicted octanol–water partition coefficient (Wildman–Crippen LogP) is 0.422. The Morgan fingerprint density at radius 1 is 1.33 bits per heavy atom. The molecular formula is C18H25N5O4. The van der Waals surface area contributed by atoms with Gasteiger partial charge in [0.1, 0.15) is 17.8 Å². The maximum atomic E-state index is 12.7. The third-order valence-corrected chi connectivity index (χ3v) is 4.29. The molecule has 2 rings (SSSR count). The second kappa shape index (κ2) is 9.13. The number of carbonyl (C=O) groups excluding carboxylic acids is 2. The molecule has 0 fully saturated rings. The van der Waals surface area contributed by atoms with E-state index in [1.54, 1.807) is 24.3 Å². The summed E-state index contributed by atoms with van der Waals surface area (Å²) in [6.45, 7) is 5.55. The fourth-order valence-electron chi connectivity index (χ4n) is 2.84. The minimum absolute atomic E-state index is 0.183. The first-order valence-electron chi connectivity index (χ1n) is 8.77. The van der Waals surface area contributed by atoms with Crippen LogP contribution in [0.4, 0.5) is 5.69 Å². The first kappa shape index (κ1) is 20.4. The van der Waals surface area contributed by atoms with Gasteiger partial charge in [0.15, 0.2) is 0 Å². The van der Waals surface area contributed by atoms with Gasteiger partial charge in [-0.2, -0.15) is 0 Å². The van der Waals surface area contributed by atoms with E-state index >= 15 is 0 Å². The summed E-state index contributed by atoms with van der Waals surface area (Å²) < 4.78 is 6.23. The Morgan fingerprint density at radius 3 is 2.63 bits per heavy atom. The number of carbonyl (C=O) groups is 2. The Hall–Kier alpha value is -2.94. The number of ether oxygens (including phenoxy) is 1. The minimum atomic E-state index is -0.849. The molecular weight excluding hydrogens is 350 g/mol. The first-order valence-corrected chi connectivity index (χ1v) is 8.77. The molecule has 0 saturated carbocycles. The van der Waals surface area contributed by atoms with Crippen LogP contribution < -0.4 is 16.6 Å². The van der Waals surface area contributed by atoms with Crippen LogP contribution >= 0.6 is 0 Å². The molecule has 0 aliphatic carbocycles. The highest BCUT2D eigenvalue weighted by Crippen LogP contribution is 2.21. The van der Waals surface area contributed by atoms with Crippen molar-refractivity contribution < 1.29 is 14.3 Å². The van der Waals surface area contributed by atoms with E-state index in [1.165, 1.54) is 10.6 Å². The molecule has 0 aliphatic rings. The van der Waals surface area contributed by atoms with Crippen LogP contribution in [0.5, 0.6) is 0 Å². The second-order valence-corrected chi connectivity index (χ2v) is 5.89. The van der Waals surface area contributed by atoms with Gasteiger partial charge in [-0.3, -0.25) is 19.0 Å². The van der Waals surface area contributed by atoms with Gasteiger partial charge in [0.05, 0.1) is 6.61 Å². The van der Waals surface area contributed by atoms with Crippen LogP contribution in [-0.4, -0.2) is 59.6 Å². The maximum absolute atomic E-state index is 12.7. The van der Waals surface area contributed by atoms with E-state index in [1.807, 2.05) is 13.8 Å². The molecule has 0 atom stereocenters. The molecule has 2 aromatic heterocycles. The third kappa shape index (κ3) is 4.43. The summed E-state index contributed by atoms with van der Waals surface area (Å²) in [5.41, 5.74) is 5.55. The van der Waals surface area contributed by atoms with Crippen LogP contribution in [0.15, 0.2) is 23.1 Å². The van der Waals surface area contributed by atoms with Crippen molar-refractivity contribution in [1.29, 1.82) is 0 Å². The average molecular weight is 375 g/mol. The normalized spacial score (nSPS) is 10.8. The number of nitrogens with one attached hydrogen (secondary N) is 1. The number of hydrogen-bond donors (Lipinski definition) is 2. The van der Waals surface area contributed by atoms with Crippen LogP contribution in [0.25, 0.3) is 11.0 Å². The van der Waals surface area contributed by atoms with Gasteiger partial charge in [-0.1, -0.05) is 0 Å². The zero-order valence-electron chi connectivity index (χ0n) is 15.8. The van der Waals surface area contributed by atoms with Crippen molar-refractivity contribution in [3.8, 4) is 0 Å². The quantitative estimate of drug-likeness (QED) is 0.613. The molecule has 2 aromatic rings. The lowest BCUT2D eigenvalue weighted by atomic mass is 10.1. The predicted molar refractivity (Wildman–Crippen MR) is 103 cm³/mol. The number of fused-ring (bicyclic) bond motifs is 1. The van der Waals surface area contributed by atoms with Crippen molar-refractivity contribution in [2.45, 2.75) is 20.4 Å². The third-order valence-electron chi connectivity index (χ3n) is 4.29. The molecule has 0 saturated heterocycles. The van der Waals surface area contributed by atoms with Crippen molar-refractivity contribution in [3.05, 3.63) is 34.2 Å². The van der Waals surface area contributed by atoms with Crippen LogP contribution in [0.1, 0.15) is 24.2 Å². The van der Waals surface area contributed by atoms with Crippen LogP contribution in [0.2, 0.25) is 0 Å².